The molecule has 2 rings (SSSR count). The van der Waals surface area contributed by atoms with Gasteiger partial charge >= 0.3 is 5.97 Å². The molecule has 1 aromatic heterocycles. The molecule has 0 aliphatic carbocycles. The lowest BCUT2D eigenvalue weighted by atomic mass is 10.1. The molecule has 6 heteroatoms. The van der Waals surface area contributed by atoms with Gasteiger partial charge in [-0.2, -0.15) is 0 Å². The number of hydrogen-bond donors (Lipinski definition) is 3. The van der Waals surface area contributed by atoms with Crippen LogP contribution in [0.1, 0.15) is 36.2 Å². The number of rotatable bonds is 9. The largest absolute Gasteiger partial charge is 0.494 e. The van der Waals surface area contributed by atoms with Crippen molar-refractivity contribution in [1.82, 2.24) is 4.98 Å². The molecule has 5 nitrogen and oxygen atoms in total. The van der Waals surface area contributed by atoms with Crippen molar-refractivity contribution in [3.63, 3.8) is 0 Å². The summed E-state index contributed by atoms with van der Waals surface area (Å²) in [6.07, 6.45) is 5.06. The summed E-state index contributed by atoms with van der Waals surface area (Å²) in [6.45, 7) is 0.814. The van der Waals surface area contributed by atoms with Crippen LogP contribution < -0.4 is 4.74 Å². The molecule has 3 N–H and O–H groups in total. The number of benzene rings is 1. The Morgan fingerprint density at radius 1 is 1.13 bits per heavy atom. The second kappa shape index (κ2) is 8.33. The molecule has 0 fully saturated rings. The molecule has 1 heterocycles. The van der Waals surface area contributed by atoms with E-state index >= 15 is 0 Å². The lowest BCUT2D eigenvalue weighted by Gasteiger charge is -2.07. The second-order valence-electron chi connectivity index (χ2n) is 5.21. The molecule has 0 unspecified atom stereocenters. The predicted molar refractivity (Wildman–Crippen MR) is 84.2 cm³/mol. The molecule has 23 heavy (non-hydrogen) atoms. The van der Waals surface area contributed by atoms with E-state index in [-0.39, 0.29) is 12.2 Å². The summed E-state index contributed by atoms with van der Waals surface area (Å²) in [5.41, 5.74) is 0.364. The second-order valence-corrected chi connectivity index (χ2v) is 5.21. The standard InChI is InChI=1S/C17H20FNO4/c18-15-14(11-19-16(15)17(21)22)12-5-7-13(8-6-12)23-10-4-2-1-3-9-20/h5-8,11,19-20H,1-4,9-10H2,(H,21,22). The number of halogens is 1. The molecule has 0 bridgehead atoms. The third-order valence-corrected chi connectivity index (χ3v) is 3.52. The van der Waals surface area contributed by atoms with Crippen LogP contribution in [0.3, 0.4) is 0 Å². The average molecular weight is 321 g/mol. The van der Waals surface area contributed by atoms with Crippen LogP contribution in [0.15, 0.2) is 30.5 Å². The van der Waals surface area contributed by atoms with Crippen LogP contribution in [0.4, 0.5) is 4.39 Å². The van der Waals surface area contributed by atoms with E-state index in [4.69, 9.17) is 14.9 Å². The summed E-state index contributed by atoms with van der Waals surface area (Å²) in [4.78, 5) is 13.2. The van der Waals surface area contributed by atoms with Gasteiger partial charge < -0.3 is 19.9 Å². The lowest BCUT2D eigenvalue weighted by Crippen LogP contribution is -1.99. The van der Waals surface area contributed by atoms with Gasteiger partial charge in [0.05, 0.1) is 6.61 Å². The van der Waals surface area contributed by atoms with Crippen molar-refractivity contribution in [2.24, 2.45) is 0 Å². The van der Waals surface area contributed by atoms with Crippen LogP contribution in [-0.2, 0) is 0 Å². The number of ether oxygens (including phenoxy) is 1. The van der Waals surface area contributed by atoms with Gasteiger partial charge in [0.2, 0.25) is 0 Å². The molecular weight excluding hydrogens is 301 g/mol. The molecule has 2 aromatic rings. The molecule has 0 saturated heterocycles. The minimum absolute atomic E-state index is 0.220. The highest BCUT2D eigenvalue weighted by atomic mass is 19.1. The van der Waals surface area contributed by atoms with E-state index in [0.29, 0.717) is 17.9 Å². The maximum Gasteiger partial charge on any atom is 0.355 e. The van der Waals surface area contributed by atoms with Gasteiger partial charge in [-0.05, 0) is 37.0 Å². The zero-order valence-corrected chi connectivity index (χ0v) is 12.7. The molecule has 0 aliphatic rings. The summed E-state index contributed by atoms with van der Waals surface area (Å²) in [5, 5.41) is 17.5. The van der Waals surface area contributed by atoms with Crippen molar-refractivity contribution in [3.05, 3.63) is 42.0 Å². The van der Waals surface area contributed by atoms with Crippen LogP contribution in [0, 0.1) is 5.82 Å². The van der Waals surface area contributed by atoms with Crippen molar-refractivity contribution >= 4 is 5.97 Å². The Balaban J connectivity index is 1.91. The maximum atomic E-state index is 14.0. The van der Waals surface area contributed by atoms with E-state index in [2.05, 4.69) is 4.98 Å². The fraction of sp³-hybridized carbons (Fsp3) is 0.353. The maximum absolute atomic E-state index is 14.0. The Morgan fingerprint density at radius 3 is 2.43 bits per heavy atom. The highest BCUT2D eigenvalue weighted by Gasteiger charge is 2.17. The molecule has 0 atom stereocenters. The van der Waals surface area contributed by atoms with E-state index in [9.17, 15) is 9.18 Å². The molecule has 124 valence electrons. The van der Waals surface area contributed by atoms with Gasteiger partial charge in [0, 0.05) is 18.4 Å². The van der Waals surface area contributed by atoms with Crippen molar-refractivity contribution in [2.75, 3.05) is 13.2 Å². The van der Waals surface area contributed by atoms with Gasteiger partial charge in [-0.3, -0.25) is 0 Å². The zero-order valence-electron chi connectivity index (χ0n) is 12.7. The van der Waals surface area contributed by atoms with Crippen LogP contribution in [-0.4, -0.2) is 34.4 Å². The minimum atomic E-state index is -1.32. The van der Waals surface area contributed by atoms with Crippen LogP contribution in [0.5, 0.6) is 5.75 Å². The van der Waals surface area contributed by atoms with E-state index in [1.165, 1.54) is 6.20 Å². The number of H-pyrrole nitrogens is 1. The van der Waals surface area contributed by atoms with Crippen LogP contribution in [0.2, 0.25) is 0 Å². The van der Waals surface area contributed by atoms with Crippen LogP contribution >= 0.6 is 0 Å². The molecule has 1 aromatic carbocycles. The first-order valence-electron chi connectivity index (χ1n) is 7.57. The number of carbonyl (C=O) groups is 1. The summed E-state index contributed by atoms with van der Waals surface area (Å²) >= 11 is 0. The van der Waals surface area contributed by atoms with Crippen LogP contribution in [0.25, 0.3) is 11.1 Å². The van der Waals surface area contributed by atoms with E-state index in [1.54, 1.807) is 24.3 Å². The number of carboxylic acids is 1. The minimum Gasteiger partial charge on any atom is -0.494 e. The normalized spacial score (nSPS) is 10.7. The van der Waals surface area contributed by atoms with Gasteiger partial charge in [0.25, 0.3) is 0 Å². The number of aromatic nitrogens is 1. The molecular formula is C17H20FNO4. The van der Waals surface area contributed by atoms with Crippen molar-refractivity contribution < 1.29 is 24.1 Å². The fourth-order valence-corrected chi connectivity index (χ4v) is 2.26. The monoisotopic (exact) mass is 321 g/mol. The molecule has 0 aliphatic heterocycles. The third-order valence-electron chi connectivity index (χ3n) is 3.52. The van der Waals surface area contributed by atoms with Crippen molar-refractivity contribution in [2.45, 2.75) is 25.7 Å². The third kappa shape index (κ3) is 4.56. The topological polar surface area (TPSA) is 82.5 Å². The molecule has 0 spiro atoms. The van der Waals surface area contributed by atoms with Gasteiger partial charge in [-0.15, -0.1) is 0 Å². The number of aliphatic hydroxyl groups is 1. The first kappa shape index (κ1) is 17.0. The Morgan fingerprint density at radius 2 is 1.83 bits per heavy atom. The summed E-state index contributed by atoms with van der Waals surface area (Å²) in [5.74, 6) is -1.41. The van der Waals surface area contributed by atoms with Crippen molar-refractivity contribution in [3.8, 4) is 16.9 Å². The number of carboxylic acid groups (broad SMARTS) is 1. The number of aliphatic hydroxyl groups excluding tert-OH is 1. The predicted octanol–water partition coefficient (Wildman–Crippen LogP) is 3.45. The van der Waals surface area contributed by atoms with E-state index in [1.807, 2.05) is 0 Å². The van der Waals surface area contributed by atoms with Gasteiger partial charge in [-0.25, -0.2) is 9.18 Å². The Hall–Kier alpha value is -2.34. The number of hydrogen-bond acceptors (Lipinski definition) is 3. The molecule has 0 saturated carbocycles. The number of nitrogens with one attached hydrogen (secondary N) is 1. The Bertz CT molecular complexity index is 637. The average Bonchev–Trinajstić information content (AvgIpc) is 2.93. The summed E-state index contributed by atoms with van der Waals surface area (Å²) < 4.78 is 19.6. The SMILES string of the molecule is O=C(O)c1[nH]cc(-c2ccc(OCCCCCCO)cc2)c1F. The number of aromatic carboxylic acids is 1. The quantitative estimate of drug-likeness (QED) is 0.618. The first-order valence-corrected chi connectivity index (χ1v) is 7.57. The highest BCUT2D eigenvalue weighted by molar-refractivity contribution is 5.88. The summed E-state index contributed by atoms with van der Waals surface area (Å²) in [6, 6.07) is 6.85. The number of aromatic amines is 1. The zero-order chi connectivity index (χ0) is 16.7. The van der Waals surface area contributed by atoms with E-state index < -0.39 is 17.5 Å². The molecule has 0 amide bonds. The van der Waals surface area contributed by atoms with E-state index in [0.717, 1.165) is 25.7 Å². The number of unbranched alkanes of at least 4 members (excludes halogenated alkanes) is 3. The first-order chi connectivity index (χ1) is 11.1. The highest BCUT2D eigenvalue weighted by Crippen LogP contribution is 2.26. The van der Waals surface area contributed by atoms with Gasteiger partial charge in [0.1, 0.15) is 5.75 Å². The fourth-order valence-electron chi connectivity index (χ4n) is 2.26. The Kier molecular flexibility index (Phi) is 6.17. The molecule has 0 radical (unpaired) electrons. The van der Waals surface area contributed by atoms with Gasteiger partial charge in [0.15, 0.2) is 11.5 Å². The smallest absolute Gasteiger partial charge is 0.355 e. The summed E-state index contributed by atoms with van der Waals surface area (Å²) in [7, 11) is 0. The van der Waals surface area contributed by atoms with Gasteiger partial charge in [-0.1, -0.05) is 18.6 Å². The lowest BCUT2D eigenvalue weighted by molar-refractivity contribution is 0.0686. The Labute approximate surface area is 133 Å². The van der Waals surface area contributed by atoms with Crippen molar-refractivity contribution in [1.29, 1.82) is 0 Å².